The van der Waals surface area contributed by atoms with Crippen molar-refractivity contribution in [2.75, 3.05) is 0 Å². The average Bonchev–Trinajstić information content (AvgIpc) is 2.57. The van der Waals surface area contributed by atoms with Crippen LogP contribution in [0.5, 0.6) is 0 Å². The molecule has 0 amide bonds. The molecule has 2 atom stereocenters. The maximum atomic E-state index is 12.8. The van der Waals surface area contributed by atoms with Gasteiger partial charge in [0.1, 0.15) is 0 Å². The fourth-order valence-electron chi connectivity index (χ4n) is 3.95. The minimum Gasteiger partial charge on any atom is -0.289 e. The average molecular weight is 276 g/mol. The van der Waals surface area contributed by atoms with E-state index < -0.39 is 8.07 Å². The van der Waals surface area contributed by atoms with Gasteiger partial charge in [0.05, 0.1) is 8.07 Å². The van der Waals surface area contributed by atoms with E-state index in [2.05, 4.69) is 52.2 Å². The van der Waals surface area contributed by atoms with Crippen LogP contribution >= 0.6 is 0 Å². The molecule has 0 spiro atoms. The zero-order valence-corrected chi connectivity index (χ0v) is 14.6. The molecule has 1 fully saturated rings. The minimum atomic E-state index is -1.33. The van der Waals surface area contributed by atoms with Gasteiger partial charge in [0.25, 0.3) is 0 Å². The predicted octanol–water partition coefficient (Wildman–Crippen LogP) is 4.76. The van der Waals surface area contributed by atoms with Crippen LogP contribution in [-0.2, 0) is 4.79 Å². The first-order chi connectivity index (χ1) is 8.49. The summed E-state index contributed by atoms with van der Waals surface area (Å²) in [6.45, 7) is 15.8. The van der Waals surface area contributed by atoms with Crippen LogP contribution in [0.1, 0.15) is 40.5 Å². The molecule has 19 heavy (non-hydrogen) atoms. The molecule has 2 heteroatoms. The van der Waals surface area contributed by atoms with Crippen LogP contribution < -0.4 is 0 Å². The third kappa shape index (κ3) is 2.18. The first-order valence-electron chi connectivity index (χ1n) is 7.45. The fourth-order valence-corrected chi connectivity index (χ4v) is 5.38. The molecule has 0 saturated heterocycles. The van der Waals surface area contributed by atoms with Gasteiger partial charge in [-0.1, -0.05) is 52.2 Å². The number of Topliss-reactive ketones (excluding diaryl/α,β-unsaturated/α-hetero) is 1. The van der Waals surface area contributed by atoms with Gasteiger partial charge in [-0.3, -0.25) is 4.79 Å². The van der Waals surface area contributed by atoms with E-state index in [-0.39, 0.29) is 10.8 Å². The first kappa shape index (κ1) is 14.8. The van der Waals surface area contributed by atoms with Crippen molar-refractivity contribution in [1.29, 1.82) is 0 Å². The second-order valence-corrected chi connectivity index (χ2v) is 13.3. The molecule has 0 N–H and O–H groups in total. The van der Waals surface area contributed by atoms with Crippen molar-refractivity contribution in [3.05, 3.63) is 22.9 Å². The van der Waals surface area contributed by atoms with Crippen molar-refractivity contribution >= 4 is 13.9 Å². The summed E-state index contributed by atoms with van der Waals surface area (Å²) in [5, 5.41) is 0. The van der Waals surface area contributed by atoms with Gasteiger partial charge in [-0.25, -0.2) is 0 Å². The summed E-state index contributed by atoms with van der Waals surface area (Å²) in [5.41, 5.74) is 4.65. The standard InChI is InChI=1S/C17H28OSi/c1-12(11-19(5,6)7)15(18)14-10-13-8-9-17(14,4)16(13,2)3/h10-11,13H,8-9H2,1-7H3/b12-11+/t13-,17+/m1/s1. The van der Waals surface area contributed by atoms with Gasteiger partial charge in [0, 0.05) is 11.0 Å². The molecule has 1 saturated carbocycles. The van der Waals surface area contributed by atoms with Gasteiger partial charge >= 0.3 is 0 Å². The highest BCUT2D eigenvalue weighted by atomic mass is 28.3. The molecule has 2 aliphatic rings. The van der Waals surface area contributed by atoms with Crippen molar-refractivity contribution < 1.29 is 4.79 Å². The Labute approximate surface area is 119 Å². The van der Waals surface area contributed by atoms with E-state index in [0.717, 1.165) is 11.1 Å². The van der Waals surface area contributed by atoms with E-state index >= 15 is 0 Å². The summed E-state index contributed by atoms with van der Waals surface area (Å²) in [4.78, 5) is 12.8. The summed E-state index contributed by atoms with van der Waals surface area (Å²) in [5.74, 6) is 0.899. The van der Waals surface area contributed by atoms with Crippen LogP contribution in [0.2, 0.25) is 19.6 Å². The minimum absolute atomic E-state index is 0.0866. The monoisotopic (exact) mass is 276 g/mol. The Morgan fingerprint density at radius 3 is 2.26 bits per heavy atom. The molecule has 0 heterocycles. The molecular formula is C17H28OSi. The second-order valence-electron chi connectivity index (χ2n) is 8.30. The Kier molecular flexibility index (Phi) is 3.25. The lowest BCUT2D eigenvalue weighted by molar-refractivity contribution is -0.113. The number of hydrogen-bond acceptors (Lipinski definition) is 1. The molecule has 0 aliphatic heterocycles. The highest BCUT2D eigenvalue weighted by Gasteiger charge is 2.58. The lowest BCUT2D eigenvalue weighted by Crippen LogP contribution is -2.33. The van der Waals surface area contributed by atoms with Crippen LogP contribution in [-0.4, -0.2) is 13.9 Å². The molecule has 2 aliphatic carbocycles. The van der Waals surface area contributed by atoms with Crippen molar-refractivity contribution in [3.63, 3.8) is 0 Å². The maximum absolute atomic E-state index is 12.8. The van der Waals surface area contributed by atoms with Gasteiger partial charge in [-0.05, 0) is 36.7 Å². The molecular weight excluding hydrogens is 248 g/mol. The molecule has 106 valence electrons. The first-order valence-corrected chi connectivity index (χ1v) is 11.0. The highest BCUT2D eigenvalue weighted by molar-refractivity contribution is 6.81. The van der Waals surface area contributed by atoms with Crippen molar-refractivity contribution in [2.45, 2.75) is 60.2 Å². The van der Waals surface area contributed by atoms with Crippen LogP contribution in [0, 0.1) is 16.7 Å². The number of allylic oxidation sites excluding steroid dienone is 3. The quantitative estimate of drug-likeness (QED) is 0.536. The molecule has 2 bridgehead atoms. The highest BCUT2D eigenvalue weighted by Crippen LogP contribution is 2.65. The van der Waals surface area contributed by atoms with Gasteiger partial charge in [-0.2, -0.15) is 0 Å². The number of hydrogen-bond donors (Lipinski definition) is 0. The van der Waals surface area contributed by atoms with E-state index in [0.29, 0.717) is 11.7 Å². The van der Waals surface area contributed by atoms with Crippen LogP contribution in [0.4, 0.5) is 0 Å². The Bertz CT molecular complexity index is 476. The van der Waals surface area contributed by atoms with Gasteiger partial charge in [0.2, 0.25) is 0 Å². The third-order valence-corrected chi connectivity index (χ3v) is 6.82. The second kappa shape index (κ2) is 4.18. The number of fused-ring (bicyclic) bond motifs is 2. The fraction of sp³-hybridized carbons (Fsp3) is 0.706. The number of carbonyl (C=O) groups is 1. The SMILES string of the molecule is C/C(=C\[Si](C)(C)C)C(=O)C1=C[C@H]2CC[C@]1(C)C2(C)C. The molecule has 0 radical (unpaired) electrons. The molecule has 2 rings (SSSR count). The number of rotatable bonds is 3. The Balaban J connectivity index is 2.34. The van der Waals surface area contributed by atoms with E-state index in [1.54, 1.807) is 0 Å². The van der Waals surface area contributed by atoms with E-state index in [1.807, 2.05) is 6.92 Å². The van der Waals surface area contributed by atoms with E-state index in [4.69, 9.17) is 0 Å². The van der Waals surface area contributed by atoms with Crippen LogP contribution in [0.15, 0.2) is 22.9 Å². The van der Waals surface area contributed by atoms with Gasteiger partial charge in [-0.15, -0.1) is 0 Å². The van der Waals surface area contributed by atoms with Gasteiger partial charge < -0.3 is 0 Å². The summed E-state index contributed by atoms with van der Waals surface area (Å²) in [7, 11) is -1.33. The summed E-state index contributed by atoms with van der Waals surface area (Å²) < 4.78 is 0. The maximum Gasteiger partial charge on any atom is 0.184 e. The lowest BCUT2D eigenvalue weighted by atomic mass is 9.66. The normalized spacial score (nSPS) is 33.5. The van der Waals surface area contributed by atoms with Gasteiger partial charge in [0.15, 0.2) is 5.78 Å². The molecule has 1 nitrogen and oxygen atoms in total. The van der Waals surface area contributed by atoms with Crippen molar-refractivity contribution in [3.8, 4) is 0 Å². The molecule has 0 aromatic rings. The zero-order chi connectivity index (χ0) is 14.6. The van der Waals surface area contributed by atoms with E-state index in [1.165, 1.54) is 12.8 Å². The number of ketones is 1. The van der Waals surface area contributed by atoms with Crippen LogP contribution in [0.3, 0.4) is 0 Å². The Hall–Kier alpha value is -0.633. The Morgan fingerprint density at radius 1 is 1.32 bits per heavy atom. The Morgan fingerprint density at radius 2 is 1.89 bits per heavy atom. The summed E-state index contributed by atoms with van der Waals surface area (Å²) in [6, 6.07) is 0. The van der Waals surface area contributed by atoms with E-state index in [9.17, 15) is 4.79 Å². The summed E-state index contributed by atoms with van der Waals surface area (Å²) >= 11 is 0. The van der Waals surface area contributed by atoms with Crippen molar-refractivity contribution in [1.82, 2.24) is 0 Å². The largest absolute Gasteiger partial charge is 0.289 e. The topological polar surface area (TPSA) is 17.1 Å². The van der Waals surface area contributed by atoms with Crippen LogP contribution in [0.25, 0.3) is 0 Å². The zero-order valence-electron chi connectivity index (χ0n) is 13.6. The van der Waals surface area contributed by atoms with Crippen molar-refractivity contribution in [2.24, 2.45) is 16.7 Å². The predicted molar refractivity (Wildman–Crippen MR) is 84.8 cm³/mol. The molecule has 0 aromatic heterocycles. The molecule has 0 unspecified atom stereocenters. The third-order valence-electron chi connectivity index (χ3n) is 5.52. The molecule has 0 aromatic carbocycles. The number of carbonyl (C=O) groups excluding carboxylic acids is 1. The lowest BCUT2D eigenvalue weighted by Gasteiger charge is -2.37. The summed E-state index contributed by atoms with van der Waals surface area (Å²) in [6.07, 6.45) is 4.70. The smallest absolute Gasteiger partial charge is 0.184 e.